The van der Waals surface area contributed by atoms with Gasteiger partial charge in [-0.2, -0.15) is 0 Å². The highest BCUT2D eigenvalue weighted by atomic mass is 16.5. The Morgan fingerprint density at radius 3 is 2.94 bits per heavy atom. The summed E-state index contributed by atoms with van der Waals surface area (Å²) in [5.74, 6) is 1.30. The molecule has 5 heteroatoms. The van der Waals surface area contributed by atoms with Crippen LogP contribution in [-0.4, -0.2) is 35.6 Å². The van der Waals surface area contributed by atoms with Crippen LogP contribution in [0.5, 0.6) is 0 Å². The Bertz CT molecular complexity index is 343. The smallest absolute Gasteiger partial charge is 0.239 e. The molecule has 1 aromatic rings. The third-order valence-electron chi connectivity index (χ3n) is 3.36. The average Bonchev–Trinajstić information content (AvgIpc) is 2.82. The van der Waals surface area contributed by atoms with Gasteiger partial charge in [-0.05, 0) is 31.8 Å². The van der Waals surface area contributed by atoms with Crippen LogP contribution in [0, 0.1) is 5.92 Å². The van der Waals surface area contributed by atoms with Crippen LogP contribution in [-0.2, 0) is 4.79 Å². The van der Waals surface area contributed by atoms with E-state index in [4.69, 9.17) is 0 Å². The summed E-state index contributed by atoms with van der Waals surface area (Å²) in [6.45, 7) is 4.72. The normalized spacial score (nSPS) is 18.2. The second-order valence-corrected chi connectivity index (χ2v) is 4.56. The minimum atomic E-state index is -0.0196. The van der Waals surface area contributed by atoms with Gasteiger partial charge in [-0.15, -0.1) is 0 Å². The van der Waals surface area contributed by atoms with Crippen LogP contribution in [0.3, 0.4) is 0 Å². The summed E-state index contributed by atoms with van der Waals surface area (Å²) in [5.41, 5.74) is 0. The van der Waals surface area contributed by atoms with Crippen LogP contribution in [0.2, 0.25) is 0 Å². The van der Waals surface area contributed by atoms with Crippen molar-refractivity contribution in [1.29, 1.82) is 0 Å². The molecule has 1 saturated heterocycles. The number of likely N-dealkylation sites (tertiary alicyclic amines) is 1. The van der Waals surface area contributed by atoms with Crippen molar-refractivity contribution < 1.29 is 9.32 Å². The van der Waals surface area contributed by atoms with Gasteiger partial charge in [0.1, 0.15) is 6.26 Å². The molecule has 1 aliphatic rings. The molecule has 1 N–H and O–H groups in total. The number of carbonyl (C=O) groups is 1. The first-order valence-electron chi connectivity index (χ1n) is 6.20. The predicted molar refractivity (Wildman–Crippen MR) is 64.6 cm³/mol. The molecular weight excluding hydrogens is 218 g/mol. The zero-order valence-electron chi connectivity index (χ0n) is 10.2. The largest absolute Gasteiger partial charge is 0.363 e. The van der Waals surface area contributed by atoms with E-state index in [0.717, 1.165) is 19.0 Å². The van der Waals surface area contributed by atoms with E-state index in [-0.39, 0.29) is 5.91 Å². The number of amides is 1. The van der Waals surface area contributed by atoms with E-state index in [1.165, 1.54) is 25.5 Å². The van der Waals surface area contributed by atoms with Crippen molar-refractivity contribution in [2.45, 2.75) is 26.2 Å². The molecule has 0 unspecified atom stereocenters. The van der Waals surface area contributed by atoms with E-state index in [1.807, 2.05) is 0 Å². The van der Waals surface area contributed by atoms with Crippen LogP contribution < -0.4 is 5.32 Å². The second-order valence-electron chi connectivity index (χ2n) is 4.56. The highest BCUT2D eigenvalue weighted by Gasteiger charge is 2.19. The van der Waals surface area contributed by atoms with Crippen LogP contribution in [0.4, 0.5) is 5.82 Å². The zero-order chi connectivity index (χ0) is 12.1. The van der Waals surface area contributed by atoms with Crippen molar-refractivity contribution in [3.8, 4) is 0 Å². The molecule has 17 heavy (non-hydrogen) atoms. The second kappa shape index (κ2) is 5.82. The Labute approximate surface area is 101 Å². The van der Waals surface area contributed by atoms with E-state index in [9.17, 15) is 4.79 Å². The van der Waals surface area contributed by atoms with Crippen LogP contribution >= 0.6 is 0 Å². The Kier molecular flexibility index (Phi) is 4.14. The molecule has 1 amide bonds. The molecule has 0 radical (unpaired) electrons. The maximum Gasteiger partial charge on any atom is 0.239 e. The molecule has 94 valence electrons. The van der Waals surface area contributed by atoms with Crippen molar-refractivity contribution in [2.75, 3.05) is 25.0 Å². The molecule has 1 fully saturated rings. The van der Waals surface area contributed by atoms with Gasteiger partial charge in [-0.3, -0.25) is 9.69 Å². The number of aromatic nitrogens is 1. The third-order valence-corrected chi connectivity index (χ3v) is 3.36. The standard InChI is InChI=1S/C12H19N3O2/c1-2-10-3-6-15(7-4-10)9-12(16)13-11-5-8-17-14-11/h5,8,10H,2-4,6-7,9H2,1H3,(H,13,14,16). The first kappa shape index (κ1) is 12.1. The number of nitrogens with zero attached hydrogens (tertiary/aromatic N) is 2. The number of rotatable bonds is 4. The number of nitrogens with one attached hydrogen (secondary N) is 1. The van der Waals surface area contributed by atoms with E-state index in [1.54, 1.807) is 6.07 Å². The fourth-order valence-corrected chi connectivity index (χ4v) is 2.22. The van der Waals surface area contributed by atoms with Gasteiger partial charge >= 0.3 is 0 Å². The molecular formula is C12H19N3O2. The fraction of sp³-hybridized carbons (Fsp3) is 0.667. The summed E-state index contributed by atoms with van der Waals surface area (Å²) in [6.07, 6.45) is 5.10. The monoisotopic (exact) mass is 237 g/mol. The van der Waals surface area contributed by atoms with Crippen LogP contribution in [0.15, 0.2) is 16.9 Å². The maximum absolute atomic E-state index is 11.7. The van der Waals surface area contributed by atoms with Gasteiger partial charge in [-0.25, -0.2) is 0 Å². The topological polar surface area (TPSA) is 58.4 Å². The molecule has 2 rings (SSSR count). The minimum absolute atomic E-state index is 0.0196. The highest BCUT2D eigenvalue weighted by molar-refractivity contribution is 5.91. The number of hydrogen-bond donors (Lipinski definition) is 1. The molecule has 0 aromatic carbocycles. The van der Waals surface area contributed by atoms with E-state index in [2.05, 4.69) is 26.8 Å². The van der Waals surface area contributed by atoms with Crippen LogP contribution in [0.25, 0.3) is 0 Å². The first-order chi connectivity index (χ1) is 8.28. The Morgan fingerprint density at radius 1 is 1.59 bits per heavy atom. The van der Waals surface area contributed by atoms with Crippen molar-refractivity contribution in [1.82, 2.24) is 10.1 Å². The number of carbonyl (C=O) groups excluding carboxylic acids is 1. The summed E-state index contributed by atoms with van der Waals surface area (Å²) in [6, 6.07) is 1.64. The molecule has 1 aromatic heterocycles. The maximum atomic E-state index is 11.7. The van der Waals surface area contributed by atoms with E-state index >= 15 is 0 Å². The average molecular weight is 237 g/mol. The lowest BCUT2D eigenvalue weighted by molar-refractivity contribution is -0.117. The zero-order valence-corrected chi connectivity index (χ0v) is 10.2. The van der Waals surface area contributed by atoms with Crippen molar-refractivity contribution in [3.05, 3.63) is 12.3 Å². The summed E-state index contributed by atoms with van der Waals surface area (Å²) in [4.78, 5) is 13.9. The summed E-state index contributed by atoms with van der Waals surface area (Å²) >= 11 is 0. The van der Waals surface area contributed by atoms with Gasteiger partial charge in [0.25, 0.3) is 0 Å². The summed E-state index contributed by atoms with van der Waals surface area (Å²) in [7, 11) is 0. The van der Waals surface area contributed by atoms with E-state index in [0.29, 0.717) is 12.4 Å². The quantitative estimate of drug-likeness (QED) is 0.866. The number of anilines is 1. The molecule has 0 spiro atoms. The van der Waals surface area contributed by atoms with Crippen molar-refractivity contribution in [2.24, 2.45) is 5.92 Å². The molecule has 0 bridgehead atoms. The van der Waals surface area contributed by atoms with Crippen molar-refractivity contribution >= 4 is 11.7 Å². The molecule has 2 heterocycles. The predicted octanol–water partition coefficient (Wildman–Crippen LogP) is 1.74. The Morgan fingerprint density at radius 2 is 2.35 bits per heavy atom. The van der Waals surface area contributed by atoms with Gasteiger partial charge in [0.05, 0.1) is 6.54 Å². The Balaban J connectivity index is 1.72. The SMILES string of the molecule is CCC1CCN(CC(=O)Nc2ccon2)CC1. The number of piperidine rings is 1. The van der Waals surface area contributed by atoms with Gasteiger partial charge in [0.15, 0.2) is 5.82 Å². The number of hydrogen-bond acceptors (Lipinski definition) is 4. The molecule has 0 saturated carbocycles. The lowest BCUT2D eigenvalue weighted by Gasteiger charge is -2.30. The molecule has 5 nitrogen and oxygen atoms in total. The van der Waals surface area contributed by atoms with E-state index < -0.39 is 0 Å². The molecule has 1 aliphatic heterocycles. The first-order valence-corrected chi connectivity index (χ1v) is 6.20. The summed E-state index contributed by atoms with van der Waals surface area (Å²) < 4.78 is 4.66. The van der Waals surface area contributed by atoms with Gasteiger partial charge < -0.3 is 9.84 Å². The van der Waals surface area contributed by atoms with Crippen molar-refractivity contribution in [3.63, 3.8) is 0 Å². The molecule has 0 atom stereocenters. The molecule has 0 aliphatic carbocycles. The third kappa shape index (κ3) is 3.56. The van der Waals surface area contributed by atoms with Gasteiger partial charge in [-0.1, -0.05) is 18.5 Å². The van der Waals surface area contributed by atoms with Gasteiger partial charge in [0.2, 0.25) is 5.91 Å². The lowest BCUT2D eigenvalue weighted by atomic mass is 9.94. The highest BCUT2D eigenvalue weighted by Crippen LogP contribution is 2.19. The summed E-state index contributed by atoms with van der Waals surface area (Å²) in [5, 5.41) is 6.36. The van der Waals surface area contributed by atoms with Gasteiger partial charge in [0, 0.05) is 6.07 Å². The fourth-order valence-electron chi connectivity index (χ4n) is 2.22. The lowest BCUT2D eigenvalue weighted by Crippen LogP contribution is -2.39. The Hall–Kier alpha value is -1.36. The van der Waals surface area contributed by atoms with Crippen LogP contribution in [0.1, 0.15) is 26.2 Å². The minimum Gasteiger partial charge on any atom is -0.363 e.